The third-order valence-electron chi connectivity index (χ3n) is 3.47. The van der Waals surface area contributed by atoms with Crippen molar-refractivity contribution in [2.75, 3.05) is 6.54 Å². The van der Waals surface area contributed by atoms with Crippen molar-refractivity contribution in [2.45, 2.75) is 31.7 Å². The van der Waals surface area contributed by atoms with Gasteiger partial charge in [0.1, 0.15) is 5.54 Å². The molecule has 0 amide bonds. The average Bonchev–Trinajstić information content (AvgIpc) is 3.14. The maximum atomic E-state index is 11.3. The number of nitrogens with one attached hydrogen (secondary N) is 1. The van der Waals surface area contributed by atoms with Crippen molar-refractivity contribution in [3.8, 4) is 0 Å². The number of carboxylic acids is 1. The van der Waals surface area contributed by atoms with E-state index in [0.717, 1.165) is 24.8 Å². The number of nitrogens with zero attached hydrogens (tertiary/aromatic N) is 1. The smallest absolute Gasteiger partial charge is 0.323 e. The molecular formula is C13H18N2O2. The molecule has 1 heterocycles. The molecule has 0 saturated heterocycles. The Morgan fingerprint density at radius 3 is 2.94 bits per heavy atom. The van der Waals surface area contributed by atoms with Crippen LogP contribution in [-0.2, 0) is 11.2 Å². The molecule has 2 rings (SSSR count). The zero-order valence-corrected chi connectivity index (χ0v) is 10.0. The molecule has 1 atom stereocenters. The fraction of sp³-hybridized carbons (Fsp3) is 0.538. The van der Waals surface area contributed by atoms with Gasteiger partial charge in [-0.3, -0.25) is 9.78 Å². The summed E-state index contributed by atoms with van der Waals surface area (Å²) in [5.41, 5.74) is 0.367. The zero-order chi connectivity index (χ0) is 12.3. The van der Waals surface area contributed by atoms with Gasteiger partial charge in [0.25, 0.3) is 0 Å². The molecule has 1 aromatic heterocycles. The molecule has 4 heteroatoms. The molecule has 1 aliphatic carbocycles. The summed E-state index contributed by atoms with van der Waals surface area (Å²) in [6.45, 7) is 2.46. The average molecular weight is 234 g/mol. The van der Waals surface area contributed by atoms with Gasteiger partial charge in [-0.25, -0.2) is 0 Å². The van der Waals surface area contributed by atoms with Crippen molar-refractivity contribution in [3.63, 3.8) is 0 Å². The lowest BCUT2D eigenvalue weighted by atomic mass is 9.95. The fourth-order valence-electron chi connectivity index (χ4n) is 2.07. The van der Waals surface area contributed by atoms with Crippen LogP contribution in [0.25, 0.3) is 0 Å². The number of carboxylic acid groups (broad SMARTS) is 1. The highest BCUT2D eigenvalue weighted by Gasteiger charge is 2.46. The standard InChI is InChI=1S/C13H18N2O2/c1-13(12(16)17,11-4-5-11)15-8-6-10-3-2-7-14-9-10/h2-3,7,9,11,15H,4-6,8H2,1H3,(H,16,17). The first-order valence-electron chi connectivity index (χ1n) is 6.00. The summed E-state index contributed by atoms with van der Waals surface area (Å²) in [7, 11) is 0. The van der Waals surface area contributed by atoms with Gasteiger partial charge in [0.15, 0.2) is 0 Å². The Hall–Kier alpha value is -1.42. The number of hydrogen-bond donors (Lipinski definition) is 2. The summed E-state index contributed by atoms with van der Waals surface area (Å²) in [4.78, 5) is 15.3. The lowest BCUT2D eigenvalue weighted by molar-refractivity contribution is -0.145. The van der Waals surface area contributed by atoms with E-state index in [1.54, 1.807) is 13.1 Å². The van der Waals surface area contributed by atoms with E-state index in [-0.39, 0.29) is 5.92 Å². The number of carbonyl (C=O) groups is 1. The number of aliphatic carboxylic acids is 1. The van der Waals surface area contributed by atoms with Crippen LogP contribution in [0.2, 0.25) is 0 Å². The highest BCUT2D eigenvalue weighted by molar-refractivity contribution is 5.79. The normalized spacial score (nSPS) is 18.6. The Bertz CT molecular complexity index is 390. The largest absolute Gasteiger partial charge is 0.480 e. The van der Waals surface area contributed by atoms with Crippen molar-refractivity contribution in [3.05, 3.63) is 30.1 Å². The first-order valence-corrected chi connectivity index (χ1v) is 6.00. The predicted molar refractivity (Wildman–Crippen MR) is 64.7 cm³/mol. The zero-order valence-electron chi connectivity index (χ0n) is 10.0. The van der Waals surface area contributed by atoms with E-state index in [1.165, 1.54) is 0 Å². The van der Waals surface area contributed by atoms with Gasteiger partial charge in [0, 0.05) is 18.9 Å². The van der Waals surface area contributed by atoms with E-state index in [4.69, 9.17) is 0 Å². The Labute approximate surface area is 101 Å². The monoisotopic (exact) mass is 234 g/mol. The van der Waals surface area contributed by atoms with Crippen molar-refractivity contribution in [2.24, 2.45) is 5.92 Å². The minimum atomic E-state index is -0.762. The quantitative estimate of drug-likeness (QED) is 0.782. The molecule has 0 aromatic carbocycles. The molecule has 1 saturated carbocycles. The minimum absolute atomic E-state index is 0.286. The Morgan fingerprint density at radius 1 is 1.65 bits per heavy atom. The Balaban J connectivity index is 1.86. The first-order chi connectivity index (χ1) is 8.13. The van der Waals surface area contributed by atoms with Gasteiger partial charge >= 0.3 is 5.97 Å². The number of rotatable bonds is 6. The fourth-order valence-corrected chi connectivity index (χ4v) is 2.07. The summed E-state index contributed by atoms with van der Waals surface area (Å²) >= 11 is 0. The minimum Gasteiger partial charge on any atom is -0.480 e. The Morgan fingerprint density at radius 2 is 2.41 bits per heavy atom. The maximum Gasteiger partial charge on any atom is 0.323 e. The predicted octanol–water partition coefficient (Wildman–Crippen LogP) is 1.47. The summed E-state index contributed by atoms with van der Waals surface area (Å²) in [5.74, 6) is -0.458. The van der Waals surface area contributed by atoms with Crippen LogP contribution in [0.3, 0.4) is 0 Å². The molecule has 92 valence electrons. The van der Waals surface area contributed by atoms with Crippen molar-refractivity contribution < 1.29 is 9.90 Å². The molecular weight excluding hydrogens is 216 g/mol. The van der Waals surface area contributed by atoms with Crippen molar-refractivity contribution >= 4 is 5.97 Å². The molecule has 4 nitrogen and oxygen atoms in total. The summed E-state index contributed by atoms with van der Waals surface area (Å²) in [5, 5.41) is 12.4. The second-order valence-electron chi connectivity index (χ2n) is 4.82. The van der Waals surface area contributed by atoms with Crippen LogP contribution in [0.1, 0.15) is 25.3 Å². The van der Waals surface area contributed by atoms with Gasteiger partial charge in [-0.05, 0) is 43.7 Å². The highest BCUT2D eigenvalue weighted by Crippen LogP contribution is 2.39. The van der Waals surface area contributed by atoms with E-state index in [1.807, 2.05) is 18.3 Å². The highest BCUT2D eigenvalue weighted by atomic mass is 16.4. The molecule has 2 N–H and O–H groups in total. The summed E-state index contributed by atoms with van der Waals surface area (Å²) in [6, 6.07) is 3.90. The third-order valence-corrected chi connectivity index (χ3v) is 3.47. The van der Waals surface area contributed by atoms with Crippen LogP contribution in [0.15, 0.2) is 24.5 Å². The van der Waals surface area contributed by atoms with E-state index in [9.17, 15) is 9.90 Å². The Kier molecular flexibility index (Phi) is 3.43. The molecule has 17 heavy (non-hydrogen) atoms. The molecule has 1 unspecified atom stereocenters. The van der Waals surface area contributed by atoms with Gasteiger partial charge < -0.3 is 10.4 Å². The summed E-state index contributed by atoms with van der Waals surface area (Å²) < 4.78 is 0. The lowest BCUT2D eigenvalue weighted by Crippen LogP contribution is -2.52. The van der Waals surface area contributed by atoms with Crippen molar-refractivity contribution in [1.29, 1.82) is 0 Å². The molecule has 0 bridgehead atoms. The van der Waals surface area contributed by atoms with Crippen LogP contribution < -0.4 is 5.32 Å². The maximum absolute atomic E-state index is 11.3. The number of aromatic nitrogens is 1. The molecule has 0 spiro atoms. The van der Waals surface area contributed by atoms with E-state index in [0.29, 0.717) is 6.54 Å². The van der Waals surface area contributed by atoms with Crippen LogP contribution in [0, 0.1) is 5.92 Å². The second-order valence-corrected chi connectivity index (χ2v) is 4.82. The second kappa shape index (κ2) is 4.84. The van der Waals surface area contributed by atoms with E-state index >= 15 is 0 Å². The lowest BCUT2D eigenvalue weighted by Gasteiger charge is -2.26. The third kappa shape index (κ3) is 2.82. The van der Waals surface area contributed by atoms with Crippen LogP contribution in [0.4, 0.5) is 0 Å². The van der Waals surface area contributed by atoms with Crippen LogP contribution in [0.5, 0.6) is 0 Å². The molecule has 1 aromatic rings. The number of hydrogen-bond acceptors (Lipinski definition) is 3. The van der Waals surface area contributed by atoms with E-state index in [2.05, 4.69) is 10.3 Å². The van der Waals surface area contributed by atoms with Crippen molar-refractivity contribution in [1.82, 2.24) is 10.3 Å². The first kappa shape index (κ1) is 12.0. The van der Waals surface area contributed by atoms with Gasteiger partial charge in [-0.1, -0.05) is 6.07 Å². The number of pyridine rings is 1. The molecule has 1 aliphatic rings. The molecule has 0 aliphatic heterocycles. The topological polar surface area (TPSA) is 62.2 Å². The van der Waals surface area contributed by atoms with E-state index < -0.39 is 11.5 Å². The van der Waals surface area contributed by atoms with Gasteiger partial charge in [0.2, 0.25) is 0 Å². The van der Waals surface area contributed by atoms with Crippen LogP contribution >= 0.6 is 0 Å². The van der Waals surface area contributed by atoms with Gasteiger partial charge in [0.05, 0.1) is 0 Å². The van der Waals surface area contributed by atoms with Gasteiger partial charge in [-0.15, -0.1) is 0 Å². The van der Waals surface area contributed by atoms with Crippen LogP contribution in [-0.4, -0.2) is 28.1 Å². The van der Waals surface area contributed by atoms with Gasteiger partial charge in [-0.2, -0.15) is 0 Å². The molecule has 1 fully saturated rings. The molecule has 0 radical (unpaired) electrons. The SMILES string of the molecule is CC(NCCc1cccnc1)(C(=O)O)C1CC1. The summed E-state index contributed by atoms with van der Waals surface area (Å²) in [6.07, 6.45) is 6.40.